The van der Waals surface area contributed by atoms with Crippen LogP contribution in [0.25, 0.3) is 0 Å². The van der Waals surface area contributed by atoms with Crippen molar-refractivity contribution in [3.8, 4) is 0 Å². The quantitative estimate of drug-likeness (QED) is 0.733. The van der Waals surface area contributed by atoms with Gasteiger partial charge in [-0.3, -0.25) is 4.79 Å². The van der Waals surface area contributed by atoms with E-state index in [1.54, 1.807) is 12.1 Å². The normalized spacial score (nSPS) is 17.7. The molecule has 0 amide bonds. The number of likely N-dealkylation sites (N-methyl/N-ethyl adjacent to an activating group) is 2. The van der Waals surface area contributed by atoms with Crippen molar-refractivity contribution in [2.75, 3.05) is 20.8 Å². The third-order valence-corrected chi connectivity index (χ3v) is 4.95. The Hall–Kier alpha value is -3.29. The number of ketones is 1. The fourth-order valence-corrected chi connectivity index (χ4v) is 3.59. The average Bonchev–Trinajstić information content (AvgIpc) is 2.98. The first kappa shape index (κ1) is 19.0. The van der Waals surface area contributed by atoms with E-state index in [4.69, 9.17) is 4.84 Å². The van der Waals surface area contributed by atoms with Crippen LogP contribution in [0, 0.1) is 0 Å². The zero-order chi connectivity index (χ0) is 20.8. The maximum absolute atomic E-state index is 12.9. The van der Waals surface area contributed by atoms with Crippen LogP contribution in [0.4, 0.5) is 13.2 Å². The highest BCUT2D eigenvalue weighted by Gasteiger charge is 2.39. The molecule has 29 heavy (non-hydrogen) atoms. The number of hydrogen-bond acceptors (Lipinski definition) is 5. The Bertz CT molecular complexity index is 1030. The highest BCUT2D eigenvalue weighted by atomic mass is 19.4. The van der Waals surface area contributed by atoms with Crippen LogP contribution in [0.3, 0.4) is 0 Å². The minimum absolute atomic E-state index is 0.0138. The van der Waals surface area contributed by atoms with Gasteiger partial charge in [0.25, 0.3) is 0 Å². The second-order valence-electron chi connectivity index (χ2n) is 7.02. The number of Topliss-reactive ketones (excluding diaryl/α,β-unsaturated/α-hetero) is 1. The summed E-state index contributed by atoms with van der Waals surface area (Å²) in [4.78, 5) is 22.2. The number of alkyl halides is 3. The molecule has 0 saturated heterocycles. The highest BCUT2D eigenvalue weighted by molar-refractivity contribution is 6.28. The van der Waals surface area contributed by atoms with Crippen LogP contribution in [0.2, 0.25) is 0 Å². The molecular weight excluding hydrogens is 383 g/mol. The number of oxime groups is 1. The third-order valence-electron chi connectivity index (χ3n) is 4.95. The first-order valence-electron chi connectivity index (χ1n) is 8.94. The third kappa shape index (κ3) is 3.35. The molecule has 1 heterocycles. The van der Waals surface area contributed by atoms with Gasteiger partial charge in [0.15, 0.2) is 0 Å². The van der Waals surface area contributed by atoms with Crippen LogP contribution in [-0.4, -0.2) is 42.1 Å². The predicted octanol–water partition coefficient (Wildman–Crippen LogP) is 3.87. The van der Waals surface area contributed by atoms with E-state index in [0.717, 1.165) is 12.1 Å². The Morgan fingerprint density at radius 1 is 0.966 bits per heavy atom. The molecule has 1 aliphatic heterocycles. The van der Waals surface area contributed by atoms with E-state index in [-0.39, 0.29) is 12.4 Å². The van der Waals surface area contributed by atoms with Crippen molar-refractivity contribution in [2.24, 2.45) is 5.16 Å². The number of carbonyl (C=O) groups excluding carboxylic acids is 1. The van der Waals surface area contributed by atoms with E-state index >= 15 is 0 Å². The summed E-state index contributed by atoms with van der Waals surface area (Å²) >= 11 is 0. The molecule has 1 aliphatic carbocycles. The van der Waals surface area contributed by atoms with Gasteiger partial charge in [-0.25, -0.2) is 0 Å². The van der Waals surface area contributed by atoms with Gasteiger partial charge in [-0.1, -0.05) is 41.6 Å². The average molecular weight is 401 g/mol. The fourth-order valence-electron chi connectivity index (χ4n) is 3.59. The van der Waals surface area contributed by atoms with E-state index in [1.807, 2.05) is 36.0 Å². The van der Waals surface area contributed by atoms with Gasteiger partial charge in [-0.15, -0.1) is 0 Å². The van der Waals surface area contributed by atoms with E-state index in [0.29, 0.717) is 40.5 Å². The Morgan fingerprint density at radius 3 is 2.24 bits per heavy atom. The Morgan fingerprint density at radius 2 is 1.59 bits per heavy atom. The van der Waals surface area contributed by atoms with Gasteiger partial charge in [0, 0.05) is 25.2 Å². The smallest absolute Gasteiger partial charge is 0.390 e. The van der Waals surface area contributed by atoms with Crippen molar-refractivity contribution in [3.05, 3.63) is 82.2 Å². The zero-order valence-electron chi connectivity index (χ0n) is 15.8. The monoisotopic (exact) mass is 401 g/mol. The van der Waals surface area contributed by atoms with E-state index in [1.165, 1.54) is 12.1 Å². The van der Waals surface area contributed by atoms with Gasteiger partial charge < -0.3 is 14.6 Å². The molecule has 0 atom stereocenters. The zero-order valence-corrected chi connectivity index (χ0v) is 15.8. The van der Waals surface area contributed by atoms with Crippen molar-refractivity contribution in [2.45, 2.75) is 12.8 Å². The number of benzene rings is 2. The number of allylic oxidation sites excluding steroid dienone is 2. The first-order chi connectivity index (χ1) is 13.8. The molecule has 2 aromatic rings. The molecule has 2 aliphatic rings. The van der Waals surface area contributed by atoms with Crippen molar-refractivity contribution >= 4 is 11.5 Å². The minimum Gasteiger partial charge on any atom is -0.390 e. The molecule has 5 nitrogen and oxygen atoms in total. The van der Waals surface area contributed by atoms with Gasteiger partial charge in [-0.05, 0) is 17.7 Å². The number of nitrogens with zero attached hydrogens (tertiary/aromatic N) is 3. The molecule has 2 aromatic carbocycles. The molecule has 0 radical (unpaired) electrons. The lowest BCUT2D eigenvalue weighted by atomic mass is 9.90. The van der Waals surface area contributed by atoms with Crippen molar-refractivity contribution in [1.29, 1.82) is 0 Å². The molecular formula is C21H18F3N3O2. The summed E-state index contributed by atoms with van der Waals surface area (Å²) in [5, 5.41) is 4.27. The van der Waals surface area contributed by atoms with Crippen LogP contribution >= 0.6 is 0 Å². The topological polar surface area (TPSA) is 45.1 Å². The number of hydrogen-bond donors (Lipinski definition) is 0. The van der Waals surface area contributed by atoms with Crippen LogP contribution in [0.5, 0.6) is 0 Å². The van der Waals surface area contributed by atoms with Crippen LogP contribution in [0.15, 0.2) is 65.1 Å². The molecule has 150 valence electrons. The summed E-state index contributed by atoms with van der Waals surface area (Å²) < 4.78 is 38.1. The second-order valence-corrected chi connectivity index (χ2v) is 7.02. The standard InChI is InChI=1S/C21H18F3N3O2/c1-26-12-27(2)19-18(26)17(15-5-3-4-6-16(15)20(19)28)25-29-11-13-7-9-14(10-8-13)21(22,23)24/h3-10H,11-12H2,1-2H3. The maximum Gasteiger partial charge on any atom is 0.416 e. The van der Waals surface area contributed by atoms with Crippen LogP contribution in [-0.2, 0) is 17.6 Å². The molecule has 0 aromatic heterocycles. The highest BCUT2D eigenvalue weighted by Crippen LogP contribution is 2.34. The summed E-state index contributed by atoms with van der Waals surface area (Å²) in [6.07, 6.45) is -4.38. The fraction of sp³-hybridized carbons (Fsp3) is 0.238. The molecule has 0 saturated carbocycles. The lowest BCUT2D eigenvalue weighted by molar-refractivity contribution is -0.137. The van der Waals surface area contributed by atoms with E-state index in [9.17, 15) is 18.0 Å². The minimum atomic E-state index is -4.38. The predicted molar refractivity (Wildman–Crippen MR) is 101 cm³/mol. The molecule has 8 heteroatoms. The van der Waals surface area contributed by atoms with Gasteiger partial charge in [0.05, 0.1) is 17.9 Å². The molecule has 0 N–H and O–H groups in total. The summed E-state index contributed by atoms with van der Waals surface area (Å²) in [5.41, 5.74) is 2.85. The van der Waals surface area contributed by atoms with E-state index < -0.39 is 11.7 Å². The van der Waals surface area contributed by atoms with E-state index in [2.05, 4.69) is 5.16 Å². The van der Waals surface area contributed by atoms with Crippen LogP contribution in [0.1, 0.15) is 27.0 Å². The maximum atomic E-state index is 12.9. The molecule has 0 bridgehead atoms. The van der Waals surface area contributed by atoms with Gasteiger partial charge in [0.1, 0.15) is 18.0 Å². The number of carbonyl (C=O) groups is 1. The number of rotatable bonds is 3. The van der Waals surface area contributed by atoms with Crippen LogP contribution < -0.4 is 0 Å². The Kier molecular flexibility index (Phi) is 4.56. The van der Waals surface area contributed by atoms with Crippen molar-refractivity contribution in [3.63, 3.8) is 0 Å². The van der Waals surface area contributed by atoms with Crippen molar-refractivity contribution < 1.29 is 22.8 Å². The lowest BCUT2D eigenvalue weighted by Crippen LogP contribution is -2.27. The number of fused-ring (bicyclic) bond motifs is 1. The molecule has 0 spiro atoms. The summed E-state index contributed by atoms with van der Waals surface area (Å²) in [5.74, 6) is -0.0656. The van der Waals surface area contributed by atoms with Gasteiger partial charge in [0.2, 0.25) is 5.78 Å². The van der Waals surface area contributed by atoms with Gasteiger partial charge in [-0.2, -0.15) is 13.2 Å². The van der Waals surface area contributed by atoms with Gasteiger partial charge >= 0.3 is 6.18 Å². The Labute approximate surface area is 165 Å². The molecule has 0 fully saturated rings. The lowest BCUT2D eigenvalue weighted by Gasteiger charge is -2.22. The summed E-state index contributed by atoms with van der Waals surface area (Å²) in [6.45, 7) is 0.558. The summed E-state index contributed by atoms with van der Waals surface area (Å²) in [6, 6.07) is 11.9. The van der Waals surface area contributed by atoms with Crippen molar-refractivity contribution in [1.82, 2.24) is 9.80 Å². The SMILES string of the molecule is CN1CN(C)C2=C1C(=O)c1ccccc1C2=NOCc1ccc(C(F)(F)F)cc1. The molecule has 4 rings (SSSR count). The largest absolute Gasteiger partial charge is 0.416 e. The number of halogens is 3. The summed E-state index contributed by atoms with van der Waals surface area (Å²) in [7, 11) is 3.71. The molecule has 0 unspecified atom stereocenters. The Balaban J connectivity index is 1.63. The second kappa shape index (κ2) is 6.95. The first-order valence-corrected chi connectivity index (χ1v) is 8.94.